The van der Waals surface area contributed by atoms with Crippen molar-refractivity contribution < 1.29 is 0 Å². The molecule has 1 fully saturated rings. The minimum absolute atomic E-state index is 0.718. The summed E-state index contributed by atoms with van der Waals surface area (Å²) in [5.74, 6) is 1.03. The highest BCUT2D eigenvalue weighted by atomic mass is 14.9. The predicted molar refractivity (Wildman–Crippen MR) is 88.0 cm³/mol. The van der Waals surface area contributed by atoms with Gasteiger partial charge in [-0.2, -0.15) is 0 Å². The summed E-state index contributed by atoms with van der Waals surface area (Å²) in [6, 6.07) is 11.7. The Morgan fingerprint density at radius 1 is 1.10 bits per heavy atom. The van der Waals surface area contributed by atoms with Crippen LogP contribution in [0.3, 0.4) is 0 Å². The van der Waals surface area contributed by atoms with Crippen LogP contribution in [0.15, 0.2) is 30.3 Å². The molecule has 1 aromatic rings. The fourth-order valence-corrected chi connectivity index (χ4v) is 3.42. The maximum atomic E-state index is 3.76. The molecule has 112 valence electrons. The number of benzene rings is 1. The van der Waals surface area contributed by atoms with Gasteiger partial charge in [0, 0.05) is 6.04 Å². The van der Waals surface area contributed by atoms with Crippen molar-refractivity contribution in [2.45, 2.75) is 70.8 Å². The molecule has 0 amide bonds. The molecule has 2 rings (SSSR count). The van der Waals surface area contributed by atoms with Crippen molar-refractivity contribution >= 4 is 0 Å². The van der Waals surface area contributed by atoms with Gasteiger partial charge in [-0.1, -0.05) is 62.9 Å². The standard InChI is InChI=1S/C19H31N/c1-2-16-20-19(15-13-18-10-6-7-11-18)14-12-17-8-4-3-5-9-17/h3-5,8-9,18-20H,2,6-7,10-16H2,1H3. The van der Waals surface area contributed by atoms with Crippen molar-refractivity contribution in [3.63, 3.8) is 0 Å². The van der Waals surface area contributed by atoms with Gasteiger partial charge in [0.25, 0.3) is 0 Å². The molecule has 0 aromatic heterocycles. The van der Waals surface area contributed by atoms with Crippen LogP contribution in [-0.2, 0) is 6.42 Å². The lowest BCUT2D eigenvalue weighted by molar-refractivity contribution is 0.389. The summed E-state index contributed by atoms with van der Waals surface area (Å²) in [6.07, 6.45) is 12.5. The predicted octanol–water partition coefficient (Wildman–Crippen LogP) is 4.96. The van der Waals surface area contributed by atoms with Crippen LogP contribution in [0.5, 0.6) is 0 Å². The number of hydrogen-bond acceptors (Lipinski definition) is 1. The molecule has 1 atom stereocenters. The van der Waals surface area contributed by atoms with Gasteiger partial charge in [-0.05, 0) is 50.1 Å². The Kier molecular flexibility index (Phi) is 7.14. The normalized spacial score (nSPS) is 17.4. The van der Waals surface area contributed by atoms with Gasteiger partial charge in [0.2, 0.25) is 0 Å². The maximum absolute atomic E-state index is 3.76. The van der Waals surface area contributed by atoms with Crippen molar-refractivity contribution in [3.8, 4) is 0 Å². The summed E-state index contributed by atoms with van der Waals surface area (Å²) in [7, 11) is 0. The van der Waals surface area contributed by atoms with Crippen molar-refractivity contribution in [2.75, 3.05) is 6.54 Å². The Morgan fingerprint density at radius 2 is 1.85 bits per heavy atom. The van der Waals surface area contributed by atoms with Gasteiger partial charge in [0.1, 0.15) is 0 Å². The number of rotatable bonds is 9. The molecule has 1 aromatic carbocycles. The lowest BCUT2D eigenvalue weighted by Gasteiger charge is -2.20. The molecule has 1 nitrogen and oxygen atoms in total. The molecular formula is C19H31N. The molecule has 20 heavy (non-hydrogen) atoms. The van der Waals surface area contributed by atoms with Gasteiger partial charge < -0.3 is 5.32 Å². The summed E-state index contributed by atoms with van der Waals surface area (Å²) in [5, 5.41) is 3.76. The highest BCUT2D eigenvalue weighted by Crippen LogP contribution is 2.29. The monoisotopic (exact) mass is 273 g/mol. The van der Waals surface area contributed by atoms with Crippen LogP contribution in [0.25, 0.3) is 0 Å². The first-order chi connectivity index (χ1) is 9.88. The zero-order valence-corrected chi connectivity index (χ0v) is 13.1. The van der Waals surface area contributed by atoms with Crippen LogP contribution >= 0.6 is 0 Å². The molecule has 0 radical (unpaired) electrons. The van der Waals surface area contributed by atoms with Gasteiger partial charge >= 0.3 is 0 Å². The SMILES string of the molecule is CCCNC(CCc1ccccc1)CCC1CCCC1. The van der Waals surface area contributed by atoms with Crippen molar-refractivity contribution in [3.05, 3.63) is 35.9 Å². The molecule has 1 heteroatoms. The summed E-state index contributed by atoms with van der Waals surface area (Å²) in [5.41, 5.74) is 1.48. The Labute approximate surface area is 125 Å². The molecule has 0 saturated heterocycles. The lowest BCUT2D eigenvalue weighted by atomic mass is 9.95. The topological polar surface area (TPSA) is 12.0 Å². The smallest absolute Gasteiger partial charge is 0.00703 e. The van der Waals surface area contributed by atoms with E-state index in [1.165, 1.54) is 69.9 Å². The van der Waals surface area contributed by atoms with Crippen LogP contribution in [0.4, 0.5) is 0 Å². The van der Waals surface area contributed by atoms with Crippen LogP contribution < -0.4 is 5.32 Å². The average molecular weight is 273 g/mol. The maximum Gasteiger partial charge on any atom is 0.00703 e. The zero-order chi connectivity index (χ0) is 14.0. The number of aryl methyl sites for hydroxylation is 1. The van der Waals surface area contributed by atoms with E-state index in [2.05, 4.69) is 42.6 Å². The molecule has 1 saturated carbocycles. The number of nitrogens with one attached hydrogen (secondary N) is 1. The van der Waals surface area contributed by atoms with Crippen LogP contribution in [0.2, 0.25) is 0 Å². The molecular weight excluding hydrogens is 242 g/mol. The van der Waals surface area contributed by atoms with Gasteiger partial charge in [-0.3, -0.25) is 0 Å². The number of hydrogen-bond donors (Lipinski definition) is 1. The summed E-state index contributed by atoms with van der Waals surface area (Å²) in [4.78, 5) is 0. The largest absolute Gasteiger partial charge is 0.314 e. The summed E-state index contributed by atoms with van der Waals surface area (Å²) >= 11 is 0. The second-order valence-corrected chi connectivity index (χ2v) is 6.40. The van der Waals surface area contributed by atoms with Crippen molar-refractivity contribution in [1.82, 2.24) is 5.32 Å². The van der Waals surface area contributed by atoms with Crippen LogP contribution in [0, 0.1) is 5.92 Å². The Morgan fingerprint density at radius 3 is 2.55 bits per heavy atom. The van der Waals surface area contributed by atoms with Crippen molar-refractivity contribution in [2.24, 2.45) is 5.92 Å². The molecule has 0 aliphatic heterocycles. The first-order valence-corrected chi connectivity index (χ1v) is 8.65. The second kappa shape index (κ2) is 9.18. The first-order valence-electron chi connectivity index (χ1n) is 8.65. The minimum Gasteiger partial charge on any atom is -0.314 e. The van der Waals surface area contributed by atoms with Crippen LogP contribution in [0.1, 0.15) is 63.9 Å². The third-order valence-corrected chi connectivity index (χ3v) is 4.71. The van der Waals surface area contributed by atoms with Gasteiger partial charge in [0.05, 0.1) is 0 Å². The Bertz CT molecular complexity index is 340. The molecule has 0 bridgehead atoms. The van der Waals surface area contributed by atoms with E-state index < -0.39 is 0 Å². The van der Waals surface area contributed by atoms with E-state index in [9.17, 15) is 0 Å². The Balaban J connectivity index is 1.73. The van der Waals surface area contributed by atoms with E-state index >= 15 is 0 Å². The minimum atomic E-state index is 0.718. The summed E-state index contributed by atoms with van der Waals surface area (Å²) in [6.45, 7) is 3.43. The van der Waals surface area contributed by atoms with E-state index in [0.29, 0.717) is 0 Å². The third-order valence-electron chi connectivity index (χ3n) is 4.71. The van der Waals surface area contributed by atoms with Crippen molar-refractivity contribution in [1.29, 1.82) is 0 Å². The fourth-order valence-electron chi connectivity index (χ4n) is 3.42. The van der Waals surface area contributed by atoms with E-state index in [0.717, 1.165) is 12.0 Å². The van der Waals surface area contributed by atoms with E-state index in [1.807, 2.05) is 0 Å². The molecule has 1 aliphatic carbocycles. The first kappa shape index (κ1) is 15.6. The highest BCUT2D eigenvalue weighted by molar-refractivity contribution is 5.14. The zero-order valence-electron chi connectivity index (χ0n) is 13.1. The van der Waals surface area contributed by atoms with Gasteiger partial charge in [0.15, 0.2) is 0 Å². The molecule has 1 unspecified atom stereocenters. The van der Waals surface area contributed by atoms with E-state index in [1.54, 1.807) is 0 Å². The average Bonchev–Trinajstić information content (AvgIpc) is 3.01. The fraction of sp³-hybridized carbons (Fsp3) is 0.684. The molecule has 1 aliphatic rings. The molecule has 0 heterocycles. The molecule has 0 spiro atoms. The Hall–Kier alpha value is -0.820. The third kappa shape index (κ3) is 5.66. The van der Waals surface area contributed by atoms with E-state index in [-0.39, 0.29) is 0 Å². The lowest BCUT2D eigenvalue weighted by Crippen LogP contribution is -2.30. The molecule has 1 N–H and O–H groups in total. The van der Waals surface area contributed by atoms with Crippen LogP contribution in [-0.4, -0.2) is 12.6 Å². The van der Waals surface area contributed by atoms with Gasteiger partial charge in [-0.25, -0.2) is 0 Å². The van der Waals surface area contributed by atoms with E-state index in [4.69, 9.17) is 0 Å². The quantitative estimate of drug-likeness (QED) is 0.670. The van der Waals surface area contributed by atoms with Gasteiger partial charge in [-0.15, -0.1) is 0 Å². The highest BCUT2D eigenvalue weighted by Gasteiger charge is 2.17. The second-order valence-electron chi connectivity index (χ2n) is 6.40. The summed E-state index contributed by atoms with van der Waals surface area (Å²) < 4.78 is 0.